The van der Waals surface area contributed by atoms with Gasteiger partial charge in [0, 0.05) is 25.6 Å². The van der Waals surface area contributed by atoms with Crippen molar-refractivity contribution in [2.24, 2.45) is 11.8 Å². The molecule has 0 aromatic heterocycles. The van der Waals surface area contributed by atoms with Crippen molar-refractivity contribution in [2.75, 3.05) is 13.1 Å². The fourth-order valence-corrected chi connectivity index (χ4v) is 3.94. The van der Waals surface area contributed by atoms with E-state index >= 15 is 0 Å². The number of nitrogens with zero attached hydrogens (tertiary/aromatic N) is 3. The highest BCUT2D eigenvalue weighted by Gasteiger charge is 2.55. The lowest BCUT2D eigenvalue weighted by Crippen LogP contribution is -2.45. The van der Waals surface area contributed by atoms with Gasteiger partial charge in [-0.05, 0) is 26.3 Å². The molecule has 3 rings (SSSR count). The first kappa shape index (κ1) is 18.4. The summed E-state index contributed by atoms with van der Waals surface area (Å²) in [7, 11) is 0. The number of likely N-dealkylation sites (tertiary alicyclic amines) is 2. The Hall–Kier alpha value is -2.39. The van der Waals surface area contributed by atoms with Gasteiger partial charge in [-0.25, -0.2) is 9.69 Å². The number of carbonyl (C=O) groups excluding carboxylic acids is 2. The maximum Gasteiger partial charge on any atom is 0.417 e. The number of amides is 2. The van der Waals surface area contributed by atoms with Crippen molar-refractivity contribution in [1.29, 1.82) is 5.26 Å². The van der Waals surface area contributed by atoms with Gasteiger partial charge in [-0.1, -0.05) is 30.3 Å². The van der Waals surface area contributed by atoms with Gasteiger partial charge in [0.1, 0.15) is 5.60 Å². The Kier molecular flexibility index (Phi) is 5.01. The van der Waals surface area contributed by atoms with Crippen LogP contribution in [-0.2, 0) is 16.1 Å². The van der Waals surface area contributed by atoms with Gasteiger partial charge in [0.15, 0.2) is 0 Å². The highest BCUT2D eigenvalue weighted by Crippen LogP contribution is 2.39. The van der Waals surface area contributed by atoms with E-state index in [4.69, 9.17) is 4.74 Å². The second-order valence-electron chi connectivity index (χ2n) is 8.07. The lowest BCUT2D eigenvalue weighted by Gasteiger charge is -2.29. The van der Waals surface area contributed by atoms with Crippen LogP contribution in [0.3, 0.4) is 0 Å². The number of hydrogen-bond acceptors (Lipinski definition) is 5. The standard InChI is InChI=1S/C20H25N3O3/c1-20(2,3)26-19(25)23-17(9-10-21)15-12-22(13-16(15)18(23)24)11-14-7-5-4-6-8-14/h4-8,15-17H,9,11-13H2,1-3H3/t15-,16+,17+/m0/s1. The Morgan fingerprint density at radius 3 is 2.58 bits per heavy atom. The van der Waals surface area contributed by atoms with E-state index in [0.29, 0.717) is 13.1 Å². The summed E-state index contributed by atoms with van der Waals surface area (Å²) >= 11 is 0. The number of hydrogen-bond donors (Lipinski definition) is 0. The average Bonchev–Trinajstić information content (AvgIpc) is 3.06. The van der Waals surface area contributed by atoms with Crippen molar-refractivity contribution in [3.05, 3.63) is 35.9 Å². The van der Waals surface area contributed by atoms with E-state index in [1.165, 1.54) is 10.5 Å². The zero-order valence-electron chi connectivity index (χ0n) is 15.5. The zero-order valence-corrected chi connectivity index (χ0v) is 15.5. The molecule has 0 unspecified atom stereocenters. The molecule has 138 valence electrons. The normalized spacial score (nSPS) is 25.8. The highest BCUT2D eigenvalue weighted by atomic mass is 16.6. The van der Waals surface area contributed by atoms with Gasteiger partial charge in [-0.15, -0.1) is 0 Å². The molecule has 2 amide bonds. The molecule has 0 saturated carbocycles. The Bertz CT molecular complexity index is 720. The first-order chi connectivity index (χ1) is 12.3. The average molecular weight is 355 g/mol. The van der Waals surface area contributed by atoms with Crippen LogP contribution in [0.1, 0.15) is 32.8 Å². The maximum absolute atomic E-state index is 12.9. The van der Waals surface area contributed by atoms with Crippen LogP contribution in [0.15, 0.2) is 30.3 Å². The summed E-state index contributed by atoms with van der Waals surface area (Å²) in [6.45, 7) is 7.40. The second kappa shape index (κ2) is 7.08. The number of rotatable bonds is 3. The minimum Gasteiger partial charge on any atom is -0.443 e. The fraction of sp³-hybridized carbons (Fsp3) is 0.550. The van der Waals surface area contributed by atoms with Gasteiger partial charge in [0.2, 0.25) is 5.91 Å². The second-order valence-corrected chi connectivity index (χ2v) is 8.07. The quantitative estimate of drug-likeness (QED) is 0.833. The van der Waals surface area contributed by atoms with Crippen molar-refractivity contribution < 1.29 is 14.3 Å². The van der Waals surface area contributed by atoms with Crippen LogP contribution >= 0.6 is 0 Å². The molecule has 2 fully saturated rings. The Labute approximate surface area is 154 Å². The van der Waals surface area contributed by atoms with E-state index in [9.17, 15) is 14.9 Å². The minimum absolute atomic E-state index is 0.0154. The van der Waals surface area contributed by atoms with Crippen LogP contribution in [-0.4, -0.2) is 46.5 Å². The third kappa shape index (κ3) is 3.73. The molecule has 6 heteroatoms. The van der Waals surface area contributed by atoms with Crippen LogP contribution in [0, 0.1) is 23.2 Å². The van der Waals surface area contributed by atoms with E-state index in [1.807, 2.05) is 18.2 Å². The van der Waals surface area contributed by atoms with Gasteiger partial charge >= 0.3 is 6.09 Å². The molecule has 1 aromatic rings. The zero-order chi connectivity index (χ0) is 18.9. The van der Waals surface area contributed by atoms with Crippen molar-refractivity contribution in [3.63, 3.8) is 0 Å². The number of carbonyl (C=O) groups is 2. The van der Waals surface area contributed by atoms with Crippen LogP contribution < -0.4 is 0 Å². The van der Waals surface area contributed by atoms with E-state index in [-0.39, 0.29) is 24.2 Å². The van der Waals surface area contributed by atoms with Gasteiger partial charge in [-0.2, -0.15) is 5.26 Å². The molecule has 0 spiro atoms. The molecule has 0 aliphatic carbocycles. The maximum atomic E-state index is 12.9. The van der Waals surface area contributed by atoms with E-state index < -0.39 is 17.7 Å². The molecule has 26 heavy (non-hydrogen) atoms. The first-order valence-electron chi connectivity index (χ1n) is 8.99. The summed E-state index contributed by atoms with van der Waals surface area (Å²) in [5.41, 5.74) is 0.520. The van der Waals surface area contributed by atoms with Gasteiger partial charge < -0.3 is 4.74 Å². The molecule has 2 aliphatic heterocycles. The van der Waals surface area contributed by atoms with Crippen molar-refractivity contribution in [2.45, 2.75) is 45.4 Å². The molecular formula is C20H25N3O3. The smallest absolute Gasteiger partial charge is 0.417 e. The number of ether oxygens (including phenoxy) is 1. The van der Waals surface area contributed by atoms with Gasteiger partial charge in [0.05, 0.1) is 24.4 Å². The molecule has 1 aromatic carbocycles. The molecule has 3 atom stereocenters. The minimum atomic E-state index is -0.675. The van der Waals surface area contributed by atoms with Crippen LogP contribution in [0.2, 0.25) is 0 Å². The fourth-order valence-electron chi connectivity index (χ4n) is 3.94. The van der Waals surface area contributed by atoms with Crippen LogP contribution in [0.4, 0.5) is 4.79 Å². The first-order valence-corrected chi connectivity index (χ1v) is 8.99. The monoisotopic (exact) mass is 355 g/mol. The predicted molar refractivity (Wildman–Crippen MR) is 95.8 cm³/mol. The molecule has 0 bridgehead atoms. The summed E-state index contributed by atoms with van der Waals surface area (Å²) < 4.78 is 5.40. The van der Waals surface area contributed by atoms with Crippen molar-refractivity contribution >= 4 is 12.0 Å². The number of nitriles is 1. The van der Waals surface area contributed by atoms with Gasteiger partial charge in [0.25, 0.3) is 0 Å². The highest BCUT2D eigenvalue weighted by molar-refractivity contribution is 5.96. The molecule has 2 heterocycles. The van der Waals surface area contributed by atoms with E-state index in [0.717, 1.165) is 6.54 Å². The summed E-state index contributed by atoms with van der Waals surface area (Å²) in [5.74, 6) is -0.469. The van der Waals surface area contributed by atoms with Crippen molar-refractivity contribution in [1.82, 2.24) is 9.80 Å². The summed E-state index contributed by atoms with van der Waals surface area (Å²) in [4.78, 5) is 28.8. The number of imide groups is 1. The molecule has 2 aliphatic rings. The van der Waals surface area contributed by atoms with Gasteiger partial charge in [-0.3, -0.25) is 9.69 Å². The molecule has 0 radical (unpaired) electrons. The molecular weight excluding hydrogens is 330 g/mol. The largest absolute Gasteiger partial charge is 0.443 e. The third-order valence-electron chi connectivity index (χ3n) is 4.96. The Morgan fingerprint density at radius 1 is 1.27 bits per heavy atom. The summed E-state index contributed by atoms with van der Waals surface area (Å²) in [5, 5.41) is 9.21. The summed E-state index contributed by atoms with van der Waals surface area (Å²) in [6, 6.07) is 11.8. The predicted octanol–water partition coefficient (Wildman–Crippen LogP) is 2.79. The van der Waals surface area contributed by atoms with E-state index in [2.05, 4.69) is 23.1 Å². The topological polar surface area (TPSA) is 73.6 Å². The molecule has 0 N–H and O–H groups in total. The van der Waals surface area contributed by atoms with Crippen molar-refractivity contribution in [3.8, 4) is 6.07 Å². The van der Waals surface area contributed by atoms with E-state index in [1.54, 1.807) is 20.8 Å². The molecule has 6 nitrogen and oxygen atoms in total. The van der Waals surface area contributed by atoms with Crippen LogP contribution in [0.5, 0.6) is 0 Å². The molecule has 2 saturated heterocycles. The van der Waals surface area contributed by atoms with Crippen LogP contribution in [0.25, 0.3) is 0 Å². The number of benzene rings is 1. The Balaban J connectivity index is 1.74. The third-order valence-corrected chi connectivity index (χ3v) is 4.96. The Morgan fingerprint density at radius 2 is 1.96 bits per heavy atom. The number of fused-ring (bicyclic) bond motifs is 1. The SMILES string of the molecule is CC(C)(C)OC(=O)N1C(=O)[C@@H]2CN(Cc3ccccc3)C[C@@H]2[C@H]1CC#N. The summed E-state index contributed by atoms with van der Waals surface area (Å²) in [6.07, 6.45) is -0.488. The lowest BCUT2D eigenvalue weighted by atomic mass is 9.92. The lowest BCUT2D eigenvalue weighted by molar-refractivity contribution is -0.131.